The van der Waals surface area contributed by atoms with Gasteiger partial charge in [-0.15, -0.1) is 0 Å². The van der Waals surface area contributed by atoms with E-state index in [0.717, 1.165) is 11.3 Å². The first-order valence-corrected chi connectivity index (χ1v) is 5.75. The van der Waals surface area contributed by atoms with Crippen LogP contribution in [0.15, 0.2) is 24.3 Å². The molecule has 1 aromatic rings. The summed E-state index contributed by atoms with van der Waals surface area (Å²) in [6.07, 6.45) is 0. The van der Waals surface area contributed by atoms with Crippen LogP contribution in [0.2, 0.25) is 0 Å². The second-order valence-electron chi connectivity index (χ2n) is 4.16. The van der Waals surface area contributed by atoms with Crippen molar-refractivity contribution in [2.24, 2.45) is 0 Å². The van der Waals surface area contributed by atoms with Crippen LogP contribution in [0.4, 0.5) is 0 Å². The van der Waals surface area contributed by atoms with Crippen LogP contribution < -0.4 is 15.4 Å². The van der Waals surface area contributed by atoms with E-state index in [4.69, 9.17) is 4.74 Å². The van der Waals surface area contributed by atoms with Crippen LogP contribution in [0.1, 0.15) is 19.4 Å². The zero-order valence-electron chi connectivity index (χ0n) is 10.6. The number of hydrogen-bond acceptors (Lipinski definition) is 3. The fraction of sp³-hybridized carbons (Fsp3) is 0.462. The van der Waals surface area contributed by atoms with Gasteiger partial charge in [0.1, 0.15) is 5.75 Å². The molecule has 1 aromatic carbocycles. The van der Waals surface area contributed by atoms with E-state index in [1.165, 1.54) is 0 Å². The summed E-state index contributed by atoms with van der Waals surface area (Å²) in [4.78, 5) is 11.4. The fourth-order valence-electron chi connectivity index (χ4n) is 1.30. The smallest absolute Gasteiger partial charge is 0.234 e. The van der Waals surface area contributed by atoms with E-state index in [9.17, 15) is 4.79 Å². The molecule has 0 aliphatic rings. The summed E-state index contributed by atoms with van der Waals surface area (Å²) in [7, 11) is 1.63. The summed E-state index contributed by atoms with van der Waals surface area (Å²) < 4.78 is 5.06. The number of carbonyl (C=O) groups is 1. The molecule has 0 aromatic heterocycles. The molecule has 1 rings (SSSR count). The molecule has 0 heterocycles. The lowest BCUT2D eigenvalue weighted by atomic mass is 10.2. The largest absolute Gasteiger partial charge is 0.497 e. The molecule has 0 saturated heterocycles. The Labute approximate surface area is 102 Å². The van der Waals surface area contributed by atoms with E-state index >= 15 is 0 Å². The minimum absolute atomic E-state index is 0.00881. The highest BCUT2D eigenvalue weighted by molar-refractivity contribution is 5.77. The molecule has 0 radical (unpaired) electrons. The first-order valence-electron chi connectivity index (χ1n) is 5.75. The molecule has 0 spiro atoms. The van der Waals surface area contributed by atoms with Gasteiger partial charge in [0, 0.05) is 12.6 Å². The Morgan fingerprint density at radius 1 is 1.29 bits per heavy atom. The lowest BCUT2D eigenvalue weighted by Gasteiger charge is -2.09. The standard InChI is InChI=1S/C13H20N2O2/c1-10(2)14-9-13(16)15-8-11-4-6-12(17-3)7-5-11/h4-7,10,14H,8-9H2,1-3H3,(H,15,16). The van der Waals surface area contributed by atoms with Gasteiger partial charge in [-0.1, -0.05) is 26.0 Å². The molecule has 4 nitrogen and oxygen atoms in total. The number of rotatable bonds is 6. The maximum Gasteiger partial charge on any atom is 0.234 e. The van der Waals surface area contributed by atoms with Gasteiger partial charge in [0.2, 0.25) is 5.91 Å². The SMILES string of the molecule is COc1ccc(CNC(=O)CNC(C)C)cc1. The van der Waals surface area contributed by atoms with Crippen molar-refractivity contribution in [2.75, 3.05) is 13.7 Å². The summed E-state index contributed by atoms with van der Waals surface area (Å²) in [5, 5.41) is 5.92. The normalized spacial score (nSPS) is 10.4. The number of hydrogen-bond donors (Lipinski definition) is 2. The van der Waals surface area contributed by atoms with Crippen molar-refractivity contribution < 1.29 is 9.53 Å². The Morgan fingerprint density at radius 3 is 2.47 bits per heavy atom. The number of carbonyl (C=O) groups excluding carboxylic acids is 1. The van der Waals surface area contributed by atoms with E-state index in [1.54, 1.807) is 7.11 Å². The van der Waals surface area contributed by atoms with Crippen LogP contribution in [0, 0.1) is 0 Å². The van der Waals surface area contributed by atoms with Gasteiger partial charge in [-0.3, -0.25) is 4.79 Å². The third-order valence-corrected chi connectivity index (χ3v) is 2.32. The van der Waals surface area contributed by atoms with Crippen LogP contribution in [-0.2, 0) is 11.3 Å². The molecule has 0 saturated carbocycles. The Kier molecular flexibility index (Phi) is 5.49. The van der Waals surface area contributed by atoms with E-state index < -0.39 is 0 Å². The van der Waals surface area contributed by atoms with Crippen molar-refractivity contribution in [1.82, 2.24) is 10.6 Å². The second-order valence-corrected chi connectivity index (χ2v) is 4.16. The van der Waals surface area contributed by atoms with Gasteiger partial charge in [-0.2, -0.15) is 0 Å². The summed E-state index contributed by atoms with van der Waals surface area (Å²) in [6, 6.07) is 7.97. The Balaban J connectivity index is 2.31. The van der Waals surface area contributed by atoms with Gasteiger partial charge >= 0.3 is 0 Å². The van der Waals surface area contributed by atoms with Gasteiger partial charge in [-0.05, 0) is 17.7 Å². The van der Waals surface area contributed by atoms with Gasteiger partial charge in [0.05, 0.1) is 13.7 Å². The highest BCUT2D eigenvalue weighted by atomic mass is 16.5. The summed E-state index contributed by atoms with van der Waals surface area (Å²) in [5.74, 6) is 0.830. The highest BCUT2D eigenvalue weighted by Gasteiger charge is 2.02. The molecule has 0 aliphatic carbocycles. The van der Waals surface area contributed by atoms with Crippen molar-refractivity contribution in [1.29, 1.82) is 0 Å². The molecule has 94 valence electrons. The maximum atomic E-state index is 11.4. The van der Waals surface area contributed by atoms with E-state index in [2.05, 4.69) is 10.6 Å². The van der Waals surface area contributed by atoms with Crippen molar-refractivity contribution >= 4 is 5.91 Å². The minimum atomic E-state index is 0.00881. The van der Waals surface area contributed by atoms with Crippen LogP contribution in [0.3, 0.4) is 0 Å². The number of benzene rings is 1. The minimum Gasteiger partial charge on any atom is -0.497 e. The summed E-state index contributed by atoms with van der Waals surface area (Å²) >= 11 is 0. The van der Waals surface area contributed by atoms with E-state index in [1.807, 2.05) is 38.1 Å². The molecule has 4 heteroatoms. The van der Waals surface area contributed by atoms with Crippen molar-refractivity contribution in [3.05, 3.63) is 29.8 Å². The monoisotopic (exact) mass is 236 g/mol. The first-order chi connectivity index (χ1) is 8.11. The number of methoxy groups -OCH3 is 1. The lowest BCUT2D eigenvalue weighted by Crippen LogP contribution is -2.36. The quantitative estimate of drug-likeness (QED) is 0.783. The maximum absolute atomic E-state index is 11.4. The van der Waals surface area contributed by atoms with Gasteiger partial charge in [0.15, 0.2) is 0 Å². The molecular weight excluding hydrogens is 216 g/mol. The highest BCUT2D eigenvalue weighted by Crippen LogP contribution is 2.10. The fourth-order valence-corrected chi connectivity index (χ4v) is 1.30. The third-order valence-electron chi connectivity index (χ3n) is 2.32. The molecule has 2 N–H and O–H groups in total. The topological polar surface area (TPSA) is 50.4 Å². The third kappa shape index (κ3) is 5.36. The first kappa shape index (κ1) is 13.5. The average molecular weight is 236 g/mol. The molecule has 1 amide bonds. The zero-order chi connectivity index (χ0) is 12.7. The summed E-state index contributed by atoms with van der Waals surface area (Å²) in [5.41, 5.74) is 1.06. The predicted molar refractivity (Wildman–Crippen MR) is 68.0 cm³/mol. The molecule has 0 atom stereocenters. The zero-order valence-corrected chi connectivity index (χ0v) is 10.6. The Bertz CT molecular complexity index is 347. The molecule has 0 aliphatic heterocycles. The molecular formula is C13H20N2O2. The van der Waals surface area contributed by atoms with Gasteiger partial charge in [-0.25, -0.2) is 0 Å². The van der Waals surface area contributed by atoms with Gasteiger partial charge < -0.3 is 15.4 Å². The Morgan fingerprint density at radius 2 is 1.94 bits per heavy atom. The molecule has 0 fully saturated rings. The van der Waals surface area contributed by atoms with E-state index in [0.29, 0.717) is 19.1 Å². The van der Waals surface area contributed by atoms with E-state index in [-0.39, 0.29) is 5.91 Å². The lowest BCUT2D eigenvalue weighted by molar-refractivity contribution is -0.120. The van der Waals surface area contributed by atoms with Crippen LogP contribution in [-0.4, -0.2) is 25.6 Å². The summed E-state index contributed by atoms with van der Waals surface area (Å²) in [6.45, 7) is 4.92. The average Bonchev–Trinajstić information content (AvgIpc) is 2.34. The second kappa shape index (κ2) is 6.91. The predicted octanol–water partition coefficient (Wildman–Crippen LogP) is 1.31. The van der Waals surface area contributed by atoms with Crippen LogP contribution in [0.5, 0.6) is 5.75 Å². The number of nitrogens with one attached hydrogen (secondary N) is 2. The Hall–Kier alpha value is -1.55. The van der Waals surface area contributed by atoms with Crippen molar-refractivity contribution in [3.63, 3.8) is 0 Å². The molecule has 17 heavy (non-hydrogen) atoms. The van der Waals surface area contributed by atoms with Crippen LogP contribution in [0.25, 0.3) is 0 Å². The number of amides is 1. The van der Waals surface area contributed by atoms with Crippen molar-refractivity contribution in [2.45, 2.75) is 26.4 Å². The van der Waals surface area contributed by atoms with Gasteiger partial charge in [0.25, 0.3) is 0 Å². The number of ether oxygens (including phenoxy) is 1. The van der Waals surface area contributed by atoms with Crippen LogP contribution >= 0.6 is 0 Å². The molecule has 0 unspecified atom stereocenters. The van der Waals surface area contributed by atoms with Crippen molar-refractivity contribution in [3.8, 4) is 5.75 Å². The molecule has 0 bridgehead atoms.